The van der Waals surface area contributed by atoms with Gasteiger partial charge in [-0.2, -0.15) is 0 Å². The lowest BCUT2D eigenvalue weighted by molar-refractivity contribution is -0.152. The van der Waals surface area contributed by atoms with Gasteiger partial charge >= 0.3 is 5.97 Å². The van der Waals surface area contributed by atoms with E-state index >= 15 is 0 Å². The van der Waals surface area contributed by atoms with E-state index in [-0.39, 0.29) is 18.0 Å². The van der Waals surface area contributed by atoms with Crippen LogP contribution in [-0.4, -0.2) is 18.7 Å². The second kappa shape index (κ2) is 7.47. The SMILES string of the molecule is O=C(OC1CCCCC1)C1CC1COCc1ccc(Cl)cc1. The smallest absolute Gasteiger partial charge is 0.309 e. The minimum Gasteiger partial charge on any atom is -0.462 e. The highest BCUT2D eigenvalue weighted by Crippen LogP contribution is 2.40. The fourth-order valence-electron chi connectivity index (χ4n) is 3.06. The maximum Gasteiger partial charge on any atom is 0.309 e. The molecule has 4 heteroatoms. The molecular formula is C18H23ClO3. The molecule has 0 aromatic heterocycles. The molecule has 22 heavy (non-hydrogen) atoms. The Morgan fingerprint density at radius 2 is 1.86 bits per heavy atom. The Labute approximate surface area is 136 Å². The van der Waals surface area contributed by atoms with E-state index in [1.807, 2.05) is 24.3 Å². The first-order valence-electron chi connectivity index (χ1n) is 8.25. The van der Waals surface area contributed by atoms with E-state index in [4.69, 9.17) is 21.1 Å². The van der Waals surface area contributed by atoms with Crippen LogP contribution in [0.25, 0.3) is 0 Å². The number of ether oxygens (including phenoxy) is 2. The fourth-order valence-corrected chi connectivity index (χ4v) is 3.19. The van der Waals surface area contributed by atoms with Crippen molar-refractivity contribution < 1.29 is 14.3 Å². The van der Waals surface area contributed by atoms with E-state index < -0.39 is 0 Å². The molecule has 2 fully saturated rings. The van der Waals surface area contributed by atoms with Crippen molar-refractivity contribution in [3.8, 4) is 0 Å². The monoisotopic (exact) mass is 322 g/mol. The largest absolute Gasteiger partial charge is 0.462 e. The minimum atomic E-state index is -0.00741. The van der Waals surface area contributed by atoms with Crippen molar-refractivity contribution in [1.82, 2.24) is 0 Å². The molecule has 1 aromatic rings. The van der Waals surface area contributed by atoms with Crippen LogP contribution in [0.15, 0.2) is 24.3 Å². The molecule has 0 radical (unpaired) electrons. The van der Waals surface area contributed by atoms with Gasteiger partial charge in [-0.15, -0.1) is 0 Å². The summed E-state index contributed by atoms with van der Waals surface area (Å²) in [4.78, 5) is 12.1. The Kier molecular flexibility index (Phi) is 5.37. The van der Waals surface area contributed by atoms with Gasteiger partial charge in [-0.25, -0.2) is 0 Å². The van der Waals surface area contributed by atoms with E-state index in [2.05, 4.69) is 0 Å². The normalized spacial score (nSPS) is 25.0. The average Bonchev–Trinajstić information content (AvgIpc) is 3.30. The molecule has 0 saturated heterocycles. The summed E-state index contributed by atoms with van der Waals surface area (Å²) >= 11 is 5.85. The van der Waals surface area contributed by atoms with Crippen molar-refractivity contribution >= 4 is 17.6 Å². The Balaban J connectivity index is 1.33. The molecule has 0 amide bonds. The number of carbonyl (C=O) groups excluding carboxylic acids is 1. The predicted molar refractivity (Wildman–Crippen MR) is 85.7 cm³/mol. The van der Waals surface area contributed by atoms with Crippen molar-refractivity contribution in [2.45, 2.75) is 51.2 Å². The highest BCUT2D eigenvalue weighted by Gasteiger charge is 2.45. The summed E-state index contributed by atoms with van der Waals surface area (Å²) in [5.41, 5.74) is 1.10. The van der Waals surface area contributed by atoms with Gasteiger partial charge < -0.3 is 9.47 Å². The van der Waals surface area contributed by atoms with Gasteiger partial charge in [-0.1, -0.05) is 30.2 Å². The van der Waals surface area contributed by atoms with Crippen molar-refractivity contribution in [1.29, 1.82) is 0 Å². The van der Waals surface area contributed by atoms with Crippen molar-refractivity contribution in [2.24, 2.45) is 11.8 Å². The van der Waals surface area contributed by atoms with Gasteiger partial charge in [-0.3, -0.25) is 4.79 Å². The summed E-state index contributed by atoms with van der Waals surface area (Å²) in [5.74, 6) is 0.391. The molecular weight excluding hydrogens is 300 g/mol. The molecule has 0 aliphatic heterocycles. The van der Waals surface area contributed by atoms with E-state index in [1.54, 1.807) is 0 Å². The maximum absolute atomic E-state index is 12.1. The molecule has 3 nitrogen and oxygen atoms in total. The van der Waals surface area contributed by atoms with Gasteiger partial charge in [0.25, 0.3) is 0 Å². The van der Waals surface area contributed by atoms with E-state index in [1.165, 1.54) is 19.3 Å². The van der Waals surface area contributed by atoms with E-state index in [9.17, 15) is 4.79 Å². The highest BCUT2D eigenvalue weighted by molar-refractivity contribution is 6.30. The van der Waals surface area contributed by atoms with Gasteiger partial charge in [0.15, 0.2) is 0 Å². The van der Waals surface area contributed by atoms with Crippen LogP contribution in [-0.2, 0) is 20.9 Å². The minimum absolute atomic E-state index is 0.00741. The number of halogens is 1. The number of rotatable bonds is 6. The lowest BCUT2D eigenvalue weighted by Crippen LogP contribution is -2.22. The number of benzene rings is 1. The third-order valence-corrected chi connectivity index (χ3v) is 4.83. The second-order valence-electron chi connectivity index (χ2n) is 6.44. The lowest BCUT2D eigenvalue weighted by atomic mass is 9.98. The van der Waals surface area contributed by atoms with Gasteiger partial charge in [0.05, 0.1) is 19.1 Å². The second-order valence-corrected chi connectivity index (χ2v) is 6.88. The molecule has 120 valence electrons. The summed E-state index contributed by atoms with van der Waals surface area (Å²) in [5, 5.41) is 0.733. The van der Waals surface area contributed by atoms with Crippen LogP contribution in [0.5, 0.6) is 0 Å². The summed E-state index contributed by atoms with van der Waals surface area (Å²) in [6.07, 6.45) is 6.81. The zero-order valence-electron chi connectivity index (χ0n) is 12.8. The molecule has 0 spiro atoms. The van der Waals surface area contributed by atoms with Crippen LogP contribution in [0.4, 0.5) is 0 Å². The van der Waals surface area contributed by atoms with Crippen LogP contribution < -0.4 is 0 Å². The third kappa shape index (κ3) is 4.47. The lowest BCUT2D eigenvalue weighted by Gasteiger charge is -2.21. The van der Waals surface area contributed by atoms with E-state index in [0.717, 1.165) is 29.8 Å². The molecule has 3 rings (SSSR count). The van der Waals surface area contributed by atoms with Crippen LogP contribution in [0.2, 0.25) is 5.02 Å². The van der Waals surface area contributed by atoms with Gasteiger partial charge in [0.1, 0.15) is 6.10 Å². The standard InChI is InChI=1S/C18H23ClO3/c19-15-8-6-13(7-9-15)11-21-12-14-10-17(14)18(20)22-16-4-2-1-3-5-16/h6-9,14,16-17H,1-5,10-12H2. The first kappa shape index (κ1) is 15.8. The number of esters is 1. The summed E-state index contributed by atoms with van der Waals surface area (Å²) in [7, 11) is 0. The first-order valence-corrected chi connectivity index (χ1v) is 8.63. The van der Waals surface area contributed by atoms with Crippen molar-refractivity contribution in [2.75, 3.05) is 6.61 Å². The number of carbonyl (C=O) groups is 1. The Bertz CT molecular complexity index is 494. The van der Waals surface area contributed by atoms with Crippen LogP contribution >= 0.6 is 11.6 Å². The molecule has 2 unspecified atom stereocenters. The van der Waals surface area contributed by atoms with Crippen molar-refractivity contribution in [3.63, 3.8) is 0 Å². The zero-order valence-corrected chi connectivity index (χ0v) is 13.6. The van der Waals surface area contributed by atoms with Crippen LogP contribution in [0, 0.1) is 11.8 Å². The molecule has 0 heterocycles. The van der Waals surface area contributed by atoms with Gasteiger partial charge in [0, 0.05) is 5.02 Å². The first-order chi connectivity index (χ1) is 10.7. The molecule has 2 aliphatic rings. The van der Waals surface area contributed by atoms with Crippen molar-refractivity contribution in [3.05, 3.63) is 34.9 Å². The Hall–Kier alpha value is -1.06. The molecule has 0 bridgehead atoms. The summed E-state index contributed by atoms with van der Waals surface area (Å²) in [6.45, 7) is 1.20. The molecule has 0 N–H and O–H groups in total. The van der Waals surface area contributed by atoms with Crippen LogP contribution in [0.3, 0.4) is 0 Å². The Morgan fingerprint density at radius 3 is 2.59 bits per heavy atom. The summed E-state index contributed by atoms with van der Waals surface area (Å²) in [6, 6.07) is 7.65. The predicted octanol–water partition coefficient (Wildman–Crippen LogP) is 4.37. The van der Waals surface area contributed by atoms with Crippen LogP contribution in [0.1, 0.15) is 44.1 Å². The summed E-state index contributed by atoms with van der Waals surface area (Å²) < 4.78 is 11.3. The van der Waals surface area contributed by atoms with Gasteiger partial charge in [0.2, 0.25) is 0 Å². The molecule has 2 aliphatic carbocycles. The van der Waals surface area contributed by atoms with Gasteiger partial charge in [-0.05, 0) is 55.7 Å². The maximum atomic E-state index is 12.1. The topological polar surface area (TPSA) is 35.5 Å². The average molecular weight is 323 g/mol. The highest BCUT2D eigenvalue weighted by atomic mass is 35.5. The number of hydrogen-bond donors (Lipinski definition) is 0. The molecule has 2 saturated carbocycles. The molecule has 1 aromatic carbocycles. The quantitative estimate of drug-likeness (QED) is 0.730. The number of hydrogen-bond acceptors (Lipinski definition) is 3. The third-order valence-electron chi connectivity index (χ3n) is 4.57. The Morgan fingerprint density at radius 1 is 1.14 bits per heavy atom. The zero-order chi connectivity index (χ0) is 15.4. The fraction of sp³-hybridized carbons (Fsp3) is 0.611. The molecule has 2 atom stereocenters. The van der Waals surface area contributed by atoms with E-state index in [0.29, 0.717) is 19.1 Å².